The molecule has 0 radical (unpaired) electrons. The van der Waals surface area contributed by atoms with Crippen LogP contribution in [0.1, 0.15) is 11.1 Å². The van der Waals surface area contributed by atoms with Gasteiger partial charge in [0.1, 0.15) is 12.4 Å². The smallest absolute Gasteiger partial charge is 0.122 e. The summed E-state index contributed by atoms with van der Waals surface area (Å²) in [7, 11) is 1.92. The van der Waals surface area contributed by atoms with E-state index in [0.717, 1.165) is 16.8 Å². The molecule has 1 aromatic carbocycles. The molecule has 1 N–H and O–H groups in total. The molecule has 0 bridgehead atoms. The Morgan fingerprint density at radius 1 is 1.29 bits per heavy atom. The van der Waals surface area contributed by atoms with Crippen LogP contribution in [0.5, 0.6) is 5.75 Å². The third-order valence-corrected chi connectivity index (χ3v) is 3.14. The van der Waals surface area contributed by atoms with Gasteiger partial charge in [-0.15, -0.1) is 0 Å². The Kier molecular flexibility index (Phi) is 4.42. The van der Waals surface area contributed by atoms with E-state index in [0.29, 0.717) is 6.61 Å². The molecule has 0 aliphatic rings. The summed E-state index contributed by atoms with van der Waals surface area (Å²) in [6.07, 6.45) is 0. The van der Waals surface area contributed by atoms with Crippen molar-refractivity contribution in [1.82, 2.24) is 5.32 Å². The Bertz CT molecular complexity index is 312. The molecule has 0 saturated heterocycles. The summed E-state index contributed by atoms with van der Waals surface area (Å²) in [5, 5.41) is 3.05. The fourth-order valence-electron chi connectivity index (χ4n) is 1.18. The molecule has 0 saturated carbocycles. The first kappa shape index (κ1) is 11.5. The van der Waals surface area contributed by atoms with Crippen molar-refractivity contribution in [1.29, 1.82) is 0 Å². The molecule has 0 aliphatic heterocycles. The van der Waals surface area contributed by atoms with E-state index in [1.165, 1.54) is 11.1 Å². The number of likely N-dealkylation sites (N-methyl/N-ethyl adjacent to an activating group) is 1. The average Bonchev–Trinajstić information content (AvgIpc) is 2.18. The van der Waals surface area contributed by atoms with Crippen LogP contribution in [0.15, 0.2) is 16.6 Å². The Balaban J connectivity index is 2.73. The summed E-state index contributed by atoms with van der Waals surface area (Å²) < 4.78 is 6.76. The number of nitrogens with one attached hydrogen (secondary N) is 1. The summed E-state index contributed by atoms with van der Waals surface area (Å²) >= 11 is 3.49. The lowest BCUT2D eigenvalue weighted by atomic mass is 10.1. The van der Waals surface area contributed by atoms with E-state index in [9.17, 15) is 0 Å². The number of ether oxygens (including phenoxy) is 1. The van der Waals surface area contributed by atoms with Gasteiger partial charge in [-0.1, -0.05) is 15.9 Å². The van der Waals surface area contributed by atoms with Gasteiger partial charge >= 0.3 is 0 Å². The summed E-state index contributed by atoms with van der Waals surface area (Å²) in [5.41, 5.74) is 2.45. The number of halogens is 1. The van der Waals surface area contributed by atoms with Gasteiger partial charge in [-0.2, -0.15) is 0 Å². The van der Waals surface area contributed by atoms with Crippen LogP contribution < -0.4 is 10.1 Å². The molecule has 0 aliphatic carbocycles. The predicted octanol–water partition coefficient (Wildman–Crippen LogP) is 2.66. The highest BCUT2D eigenvalue weighted by atomic mass is 79.9. The van der Waals surface area contributed by atoms with Gasteiger partial charge in [0.15, 0.2) is 0 Å². The molecule has 0 amide bonds. The molecule has 0 heterocycles. The second-order valence-electron chi connectivity index (χ2n) is 3.25. The molecule has 3 heteroatoms. The molecule has 0 atom stereocenters. The number of hydrogen-bond donors (Lipinski definition) is 1. The first-order valence-corrected chi connectivity index (χ1v) is 5.49. The Morgan fingerprint density at radius 3 is 2.64 bits per heavy atom. The van der Waals surface area contributed by atoms with Crippen molar-refractivity contribution >= 4 is 15.9 Å². The highest BCUT2D eigenvalue weighted by Crippen LogP contribution is 2.27. The van der Waals surface area contributed by atoms with Crippen LogP contribution in [0.4, 0.5) is 0 Å². The zero-order valence-corrected chi connectivity index (χ0v) is 10.4. The molecular weight excluding hydrogens is 242 g/mol. The van der Waals surface area contributed by atoms with Crippen molar-refractivity contribution in [3.05, 3.63) is 27.7 Å². The van der Waals surface area contributed by atoms with Crippen molar-refractivity contribution in [2.24, 2.45) is 0 Å². The number of rotatable bonds is 4. The van der Waals surface area contributed by atoms with Crippen molar-refractivity contribution in [3.63, 3.8) is 0 Å². The minimum Gasteiger partial charge on any atom is -0.492 e. The van der Waals surface area contributed by atoms with Gasteiger partial charge in [0.05, 0.1) is 0 Å². The molecule has 0 fully saturated rings. The lowest BCUT2D eigenvalue weighted by Gasteiger charge is -2.11. The van der Waals surface area contributed by atoms with Crippen LogP contribution in [-0.2, 0) is 0 Å². The quantitative estimate of drug-likeness (QED) is 0.838. The standard InChI is InChI=1S/C11H16BrNO/c1-8-9(2)11(5-4-10(8)12)14-7-6-13-3/h4-5,13H,6-7H2,1-3H3. The molecule has 0 aromatic heterocycles. The van der Waals surface area contributed by atoms with Crippen molar-refractivity contribution in [2.45, 2.75) is 13.8 Å². The fourth-order valence-corrected chi connectivity index (χ4v) is 1.61. The van der Waals surface area contributed by atoms with Crippen LogP contribution in [-0.4, -0.2) is 20.2 Å². The van der Waals surface area contributed by atoms with Crippen LogP contribution >= 0.6 is 15.9 Å². The van der Waals surface area contributed by atoms with E-state index in [1.54, 1.807) is 0 Å². The topological polar surface area (TPSA) is 21.3 Å². The largest absolute Gasteiger partial charge is 0.492 e. The molecule has 2 nitrogen and oxygen atoms in total. The van der Waals surface area contributed by atoms with Gasteiger partial charge in [-0.05, 0) is 44.2 Å². The fraction of sp³-hybridized carbons (Fsp3) is 0.455. The first-order valence-electron chi connectivity index (χ1n) is 4.70. The Hall–Kier alpha value is -0.540. The monoisotopic (exact) mass is 257 g/mol. The minimum atomic E-state index is 0.707. The zero-order valence-electron chi connectivity index (χ0n) is 8.86. The SMILES string of the molecule is CNCCOc1ccc(Br)c(C)c1C. The van der Waals surface area contributed by atoms with Crippen LogP contribution in [0.3, 0.4) is 0 Å². The van der Waals surface area contributed by atoms with E-state index >= 15 is 0 Å². The van der Waals surface area contributed by atoms with E-state index in [2.05, 4.69) is 35.1 Å². The van der Waals surface area contributed by atoms with Gasteiger partial charge in [-0.25, -0.2) is 0 Å². The van der Waals surface area contributed by atoms with Gasteiger partial charge in [-0.3, -0.25) is 0 Å². The summed E-state index contributed by atoms with van der Waals surface area (Å²) in [5.74, 6) is 0.973. The third kappa shape index (κ3) is 2.72. The summed E-state index contributed by atoms with van der Waals surface area (Å²) in [6.45, 7) is 5.74. The maximum Gasteiger partial charge on any atom is 0.122 e. The van der Waals surface area contributed by atoms with Gasteiger partial charge in [0.2, 0.25) is 0 Å². The minimum absolute atomic E-state index is 0.707. The zero-order chi connectivity index (χ0) is 10.6. The summed E-state index contributed by atoms with van der Waals surface area (Å²) in [6, 6.07) is 4.03. The van der Waals surface area contributed by atoms with Gasteiger partial charge in [0, 0.05) is 11.0 Å². The maximum atomic E-state index is 5.63. The first-order chi connectivity index (χ1) is 6.66. The highest BCUT2D eigenvalue weighted by molar-refractivity contribution is 9.10. The molecule has 14 heavy (non-hydrogen) atoms. The second-order valence-corrected chi connectivity index (χ2v) is 4.10. The van der Waals surface area contributed by atoms with Crippen molar-refractivity contribution in [2.75, 3.05) is 20.2 Å². The second kappa shape index (κ2) is 5.37. The molecule has 78 valence electrons. The van der Waals surface area contributed by atoms with Crippen LogP contribution in [0, 0.1) is 13.8 Å². The number of benzene rings is 1. The van der Waals surface area contributed by atoms with E-state index in [1.807, 2.05) is 19.2 Å². The highest BCUT2D eigenvalue weighted by Gasteiger charge is 2.04. The average molecular weight is 258 g/mol. The lowest BCUT2D eigenvalue weighted by Crippen LogP contribution is -2.16. The van der Waals surface area contributed by atoms with E-state index in [4.69, 9.17) is 4.74 Å². The van der Waals surface area contributed by atoms with Crippen molar-refractivity contribution < 1.29 is 4.74 Å². The normalized spacial score (nSPS) is 10.3. The van der Waals surface area contributed by atoms with E-state index < -0.39 is 0 Å². The van der Waals surface area contributed by atoms with Crippen LogP contribution in [0.2, 0.25) is 0 Å². The summed E-state index contributed by atoms with van der Waals surface area (Å²) in [4.78, 5) is 0. The molecular formula is C11H16BrNO. The van der Waals surface area contributed by atoms with Gasteiger partial charge in [0.25, 0.3) is 0 Å². The van der Waals surface area contributed by atoms with Crippen molar-refractivity contribution in [3.8, 4) is 5.75 Å². The molecule has 1 aromatic rings. The van der Waals surface area contributed by atoms with Crippen LogP contribution in [0.25, 0.3) is 0 Å². The number of hydrogen-bond acceptors (Lipinski definition) is 2. The predicted molar refractivity (Wildman–Crippen MR) is 63.0 cm³/mol. The molecule has 0 spiro atoms. The van der Waals surface area contributed by atoms with E-state index in [-0.39, 0.29) is 0 Å². The lowest BCUT2D eigenvalue weighted by molar-refractivity contribution is 0.316. The maximum absolute atomic E-state index is 5.63. The third-order valence-electron chi connectivity index (χ3n) is 2.28. The molecule has 1 rings (SSSR count). The Labute approximate surface area is 93.8 Å². The Morgan fingerprint density at radius 2 is 2.00 bits per heavy atom. The molecule has 0 unspecified atom stereocenters. The van der Waals surface area contributed by atoms with Gasteiger partial charge < -0.3 is 10.1 Å².